The van der Waals surface area contributed by atoms with Crippen molar-refractivity contribution in [3.63, 3.8) is 0 Å². The molecule has 2 aliphatic rings. The highest BCUT2D eigenvalue weighted by molar-refractivity contribution is 6.39. The summed E-state index contributed by atoms with van der Waals surface area (Å²) in [5, 5.41) is 7.51. The maximum atomic E-state index is 12.8. The maximum absolute atomic E-state index is 12.8. The van der Waals surface area contributed by atoms with E-state index in [9.17, 15) is 9.59 Å². The third kappa shape index (κ3) is 3.80. The molecule has 2 amide bonds. The van der Waals surface area contributed by atoms with Crippen molar-refractivity contribution in [3.8, 4) is 5.69 Å². The highest BCUT2D eigenvalue weighted by Crippen LogP contribution is 2.37. The largest absolute Gasteiger partial charge is 0.380 e. The van der Waals surface area contributed by atoms with Gasteiger partial charge < -0.3 is 15.0 Å². The Labute approximate surface area is 164 Å². The standard InChI is InChI=1S/C21H26N4O3/c1-15-10-12-28-13-11-24(15)21(27)20(26)22-19-14-18(16-6-5-7-16)23-25(19)17-8-3-2-4-9-17/h2-4,8-9,14-16H,5-7,10-13H2,1H3,(H,22,26). The highest BCUT2D eigenvalue weighted by Gasteiger charge is 2.29. The Balaban J connectivity index is 1.56. The SMILES string of the molecule is CC1CCOCCN1C(=O)C(=O)Nc1cc(C2CCC2)nn1-c1ccccc1. The van der Waals surface area contributed by atoms with Gasteiger partial charge in [-0.3, -0.25) is 9.59 Å². The number of carbonyl (C=O) groups excluding carboxylic acids is 2. The second kappa shape index (κ2) is 8.14. The number of hydrogen-bond acceptors (Lipinski definition) is 4. The van der Waals surface area contributed by atoms with Gasteiger partial charge in [0.15, 0.2) is 0 Å². The van der Waals surface area contributed by atoms with E-state index in [0.29, 0.717) is 31.5 Å². The summed E-state index contributed by atoms with van der Waals surface area (Å²) in [5.41, 5.74) is 1.82. The molecule has 1 aromatic carbocycles. The number of para-hydroxylation sites is 1. The van der Waals surface area contributed by atoms with Crippen LogP contribution in [-0.2, 0) is 14.3 Å². The topological polar surface area (TPSA) is 76.5 Å². The van der Waals surface area contributed by atoms with E-state index in [0.717, 1.165) is 30.6 Å². The monoisotopic (exact) mass is 382 g/mol. The van der Waals surface area contributed by atoms with Crippen molar-refractivity contribution >= 4 is 17.6 Å². The zero-order chi connectivity index (χ0) is 19.5. The van der Waals surface area contributed by atoms with Crippen molar-refractivity contribution in [2.75, 3.05) is 25.1 Å². The molecule has 1 saturated carbocycles. The van der Waals surface area contributed by atoms with Gasteiger partial charge in [0, 0.05) is 31.2 Å². The van der Waals surface area contributed by atoms with E-state index in [1.54, 1.807) is 9.58 Å². The number of aromatic nitrogens is 2. The van der Waals surface area contributed by atoms with Crippen molar-refractivity contribution in [1.82, 2.24) is 14.7 Å². The molecule has 0 spiro atoms. The lowest BCUT2D eigenvalue weighted by molar-refractivity contribution is -0.144. The predicted molar refractivity (Wildman–Crippen MR) is 105 cm³/mol. The van der Waals surface area contributed by atoms with Crippen molar-refractivity contribution in [3.05, 3.63) is 42.1 Å². The molecule has 28 heavy (non-hydrogen) atoms. The molecule has 7 heteroatoms. The van der Waals surface area contributed by atoms with Gasteiger partial charge in [0.2, 0.25) is 0 Å². The van der Waals surface area contributed by atoms with Gasteiger partial charge in [-0.15, -0.1) is 0 Å². The highest BCUT2D eigenvalue weighted by atomic mass is 16.5. The molecule has 2 aromatic rings. The van der Waals surface area contributed by atoms with Gasteiger partial charge in [-0.2, -0.15) is 5.10 Å². The molecular weight excluding hydrogens is 356 g/mol. The molecule has 1 saturated heterocycles. The molecule has 1 N–H and O–H groups in total. The minimum absolute atomic E-state index is 0.0229. The summed E-state index contributed by atoms with van der Waals surface area (Å²) < 4.78 is 7.15. The van der Waals surface area contributed by atoms with Crippen molar-refractivity contribution < 1.29 is 14.3 Å². The minimum Gasteiger partial charge on any atom is -0.380 e. The number of anilines is 1. The van der Waals surface area contributed by atoms with Gasteiger partial charge in [0.25, 0.3) is 0 Å². The number of benzene rings is 1. The van der Waals surface area contributed by atoms with Crippen LogP contribution in [0, 0.1) is 0 Å². The number of hydrogen-bond donors (Lipinski definition) is 1. The maximum Gasteiger partial charge on any atom is 0.315 e. The fourth-order valence-corrected chi connectivity index (χ4v) is 3.65. The van der Waals surface area contributed by atoms with E-state index in [4.69, 9.17) is 9.84 Å². The van der Waals surface area contributed by atoms with E-state index in [1.165, 1.54) is 6.42 Å². The van der Waals surface area contributed by atoms with Crippen molar-refractivity contribution in [1.29, 1.82) is 0 Å². The van der Waals surface area contributed by atoms with Crippen LogP contribution in [0.1, 0.15) is 44.2 Å². The fourth-order valence-electron chi connectivity index (χ4n) is 3.65. The first kappa shape index (κ1) is 18.7. The van der Waals surface area contributed by atoms with E-state index < -0.39 is 11.8 Å². The van der Waals surface area contributed by atoms with Crippen LogP contribution in [0.25, 0.3) is 5.69 Å². The van der Waals surface area contributed by atoms with Crippen LogP contribution in [0.3, 0.4) is 0 Å². The fraction of sp³-hybridized carbons (Fsp3) is 0.476. The van der Waals surface area contributed by atoms with E-state index in [1.807, 2.05) is 43.3 Å². The Hall–Kier alpha value is -2.67. The summed E-state index contributed by atoms with van der Waals surface area (Å²) >= 11 is 0. The first-order valence-electron chi connectivity index (χ1n) is 9.98. The summed E-state index contributed by atoms with van der Waals surface area (Å²) in [5.74, 6) is -0.195. The molecule has 1 aromatic heterocycles. The average molecular weight is 382 g/mol. The summed E-state index contributed by atoms with van der Waals surface area (Å²) in [7, 11) is 0. The number of carbonyl (C=O) groups is 2. The summed E-state index contributed by atoms with van der Waals surface area (Å²) in [6, 6.07) is 11.5. The Kier molecular flexibility index (Phi) is 5.43. The van der Waals surface area contributed by atoms with Gasteiger partial charge >= 0.3 is 11.8 Å². The van der Waals surface area contributed by atoms with Gasteiger partial charge in [-0.1, -0.05) is 24.6 Å². The normalized spacial score (nSPS) is 20.3. The quantitative estimate of drug-likeness (QED) is 0.828. The smallest absolute Gasteiger partial charge is 0.315 e. The van der Waals surface area contributed by atoms with Crippen LogP contribution >= 0.6 is 0 Å². The molecule has 1 aliphatic carbocycles. The Morgan fingerprint density at radius 1 is 1.14 bits per heavy atom. The Bertz CT molecular complexity index is 845. The molecule has 1 aliphatic heterocycles. The lowest BCUT2D eigenvalue weighted by Gasteiger charge is -2.25. The van der Waals surface area contributed by atoms with E-state index in [-0.39, 0.29) is 6.04 Å². The Morgan fingerprint density at radius 3 is 2.64 bits per heavy atom. The zero-order valence-corrected chi connectivity index (χ0v) is 16.1. The van der Waals surface area contributed by atoms with Crippen LogP contribution in [-0.4, -0.2) is 52.3 Å². The first-order valence-corrected chi connectivity index (χ1v) is 9.98. The van der Waals surface area contributed by atoms with Crippen molar-refractivity contribution in [2.24, 2.45) is 0 Å². The lowest BCUT2D eigenvalue weighted by Crippen LogP contribution is -2.45. The molecule has 4 rings (SSSR count). The second-order valence-electron chi connectivity index (χ2n) is 7.53. The number of nitrogens with zero attached hydrogens (tertiary/aromatic N) is 3. The molecule has 2 heterocycles. The number of nitrogens with one attached hydrogen (secondary N) is 1. The molecule has 1 unspecified atom stereocenters. The second-order valence-corrected chi connectivity index (χ2v) is 7.53. The van der Waals surface area contributed by atoms with E-state index in [2.05, 4.69) is 5.32 Å². The van der Waals surface area contributed by atoms with Gasteiger partial charge in [0.1, 0.15) is 5.82 Å². The van der Waals surface area contributed by atoms with Gasteiger partial charge in [-0.25, -0.2) is 4.68 Å². The van der Waals surface area contributed by atoms with Gasteiger partial charge in [0.05, 0.1) is 18.0 Å². The minimum atomic E-state index is -0.633. The molecule has 1 atom stereocenters. The van der Waals surface area contributed by atoms with Crippen molar-refractivity contribution in [2.45, 2.75) is 44.6 Å². The average Bonchev–Trinajstić information content (AvgIpc) is 2.93. The first-order chi connectivity index (χ1) is 13.6. The molecule has 0 bridgehead atoms. The van der Waals surface area contributed by atoms with Gasteiger partial charge in [-0.05, 0) is 38.3 Å². The molecule has 148 valence electrons. The molecule has 7 nitrogen and oxygen atoms in total. The number of ether oxygens (including phenoxy) is 1. The van der Waals surface area contributed by atoms with Crippen LogP contribution in [0.5, 0.6) is 0 Å². The zero-order valence-electron chi connectivity index (χ0n) is 16.1. The number of amides is 2. The Morgan fingerprint density at radius 2 is 1.93 bits per heavy atom. The van der Waals surface area contributed by atoms with Crippen LogP contribution in [0.15, 0.2) is 36.4 Å². The molecular formula is C21H26N4O3. The third-order valence-electron chi connectivity index (χ3n) is 5.64. The number of rotatable bonds is 3. The predicted octanol–water partition coefficient (Wildman–Crippen LogP) is 2.72. The lowest BCUT2D eigenvalue weighted by atomic mass is 9.83. The van der Waals surface area contributed by atoms with E-state index >= 15 is 0 Å². The van der Waals surface area contributed by atoms with Crippen LogP contribution in [0.2, 0.25) is 0 Å². The third-order valence-corrected chi connectivity index (χ3v) is 5.64. The summed E-state index contributed by atoms with van der Waals surface area (Å²) in [6.07, 6.45) is 4.16. The summed E-state index contributed by atoms with van der Waals surface area (Å²) in [6.45, 7) is 3.44. The van der Waals surface area contributed by atoms with Crippen LogP contribution in [0.4, 0.5) is 5.82 Å². The molecule has 2 fully saturated rings. The van der Waals surface area contributed by atoms with Crippen LogP contribution < -0.4 is 5.32 Å². The molecule has 0 radical (unpaired) electrons. The summed E-state index contributed by atoms with van der Waals surface area (Å²) in [4.78, 5) is 27.1.